The fourth-order valence-electron chi connectivity index (χ4n) is 2.87. The first-order valence-electron chi connectivity index (χ1n) is 8.65. The van der Waals surface area contributed by atoms with Crippen LogP contribution in [0.25, 0.3) is 0 Å². The zero-order chi connectivity index (χ0) is 19.5. The lowest BCUT2D eigenvalue weighted by Gasteiger charge is -2.26. The van der Waals surface area contributed by atoms with Gasteiger partial charge in [-0.05, 0) is 29.8 Å². The molecule has 0 spiro atoms. The van der Waals surface area contributed by atoms with Crippen molar-refractivity contribution in [2.75, 3.05) is 6.61 Å². The van der Waals surface area contributed by atoms with Gasteiger partial charge in [-0.25, -0.2) is 0 Å². The molecule has 0 amide bonds. The Morgan fingerprint density at radius 3 is 2.75 bits per heavy atom. The van der Waals surface area contributed by atoms with Crippen LogP contribution in [0.1, 0.15) is 17.5 Å². The summed E-state index contributed by atoms with van der Waals surface area (Å²) in [6, 6.07) is 13.2. The summed E-state index contributed by atoms with van der Waals surface area (Å²) in [6.07, 6.45) is 1.48. The number of thioether (sulfide) groups is 1. The van der Waals surface area contributed by atoms with Gasteiger partial charge in [-0.2, -0.15) is 0 Å². The molecule has 0 saturated carbocycles. The van der Waals surface area contributed by atoms with E-state index in [0.29, 0.717) is 40.5 Å². The summed E-state index contributed by atoms with van der Waals surface area (Å²) in [5.41, 5.74) is 1.06. The maximum absolute atomic E-state index is 6.11. The molecule has 3 aromatic rings. The van der Waals surface area contributed by atoms with E-state index >= 15 is 0 Å². The molecule has 0 fully saturated rings. The largest absolute Gasteiger partial charge is 0.485 e. The molecule has 1 unspecified atom stereocenters. The molecule has 1 aromatic heterocycles. The van der Waals surface area contributed by atoms with Crippen molar-refractivity contribution in [3.63, 3.8) is 0 Å². The molecule has 0 radical (unpaired) electrons. The Hall–Kier alpha value is -2.15. The summed E-state index contributed by atoms with van der Waals surface area (Å²) in [7, 11) is 0. The van der Waals surface area contributed by atoms with Crippen LogP contribution in [0.4, 0.5) is 0 Å². The quantitative estimate of drug-likeness (QED) is 0.375. The first-order valence-corrected chi connectivity index (χ1v) is 10.4. The van der Waals surface area contributed by atoms with Crippen LogP contribution in [0.3, 0.4) is 0 Å². The number of fused-ring (bicyclic) bond motifs is 1. The third kappa shape index (κ3) is 3.99. The molecular formula is C20H17Cl2N3O2S. The molecule has 5 nitrogen and oxygen atoms in total. The second-order valence-electron chi connectivity index (χ2n) is 6.14. The van der Waals surface area contributed by atoms with Crippen LogP contribution in [0.15, 0.2) is 60.3 Å². The van der Waals surface area contributed by atoms with Crippen molar-refractivity contribution in [2.45, 2.75) is 23.6 Å². The van der Waals surface area contributed by atoms with Gasteiger partial charge in [-0.3, -0.25) is 4.57 Å². The maximum Gasteiger partial charge on any atom is 0.192 e. The van der Waals surface area contributed by atoms with E-state index in [1.54, 1.807) is 17.8 Å². The zero-order valence-electron chi connectivity index (χ0n) is 14.8. The number of hydrogen-bond donors (Lipinski definition) is 0. The van der Waals surface area contributed by atoms with E-state index in [1.165, 1.54) is 0 Å². The van der Waals surface area contributed by atoms with Crippen LogP contribution in [0.5, 0.6) is 11.5 Å². The Balaban J connectivity index is 1.54. The van der Waals surface area contributed by atoms with Crippen molar-refractivity contribution in [2.24, 2.45) is 0 Å². The lowest BCUT2D eigenvalue weighted by molar-refractivity contribution is 0.0821. The summed E-state index contributed by atoms with van der Waals surface area (Å²) in [5.74, 6) is 2.85. The first kappa shape index (κ1) is 19.2. The minimum Gasteiger partial charge on any atom is -0.485 e. The van der Waals surface area contributed by atoms with Crippen LogP contribution in [0, 0.1) is 0 Å². The van der Waals surface area contributed by atoms with Crippen LogP contribution in [-0.2, 0) is 12.3 Å². The average molecular weight is 434 g/mol. The van der Waals surface area contributed by atoms with Crippen LogP contribution in [0.2, 0.25) is 10.0 Å². The molecule has 0 bridgehead atoms. The fourth-order valence-corrected chi connectivity index (χ4v) is 4.09. The van der Waals surface area contributed by atoms with Gasteiger partial charge in [0.05, 0.1) is 10.0 Å². The number of ether oxygens (including phenoxy) is 2. The Morgan fingerprint density at radius 1 is 1.14 bits per heavy atom. The highest BCUT2D eigenvalue weighted by molar-refractivity contribution is 7.98. The Bertz CT molecular complexity index is 1010. The minimum absolute atomic E-state index is 0.332. The Labute approximate surface area is 177 Å². The molecule has 0 N–H and O–H groups in total. The van der Waals surface area contributed by atoms with Crippen molar-refractivity contribution < 1.29 is 9.47 Å². The number of allylic oxidation sites excluding steroid dienone is 1. The molecule has 28 heavy (non-hydrogen) atoms. The highest BCUT2D eigenvalue weighted by Crippen LogP contribution is 2.36. The van der Waals surface area contributed by atoms with E-state index in [9.17, 15) is 0 Å². The van der Waals surface area contributed by atoms with Crippen molar-refractivity contribution >= 4 is 35.0 Å². The topological polar surface area (TPSA) is 49.2 Å². The number of para-hydroxylation sites is 2. The van der Waals surface area contributed by atoms with Gasteiger partial charge in [-0.15, -0.1) is 16.8 Å². The number of hydrogen-bond acceptors (Lipinski definition) is 5. The van der Waals surface area contributed by atoms with Crippen LogP contribution in [-0.4, -0.2) is 21.4 Å². The number of nitrogens with zero attached hydrogens (tertiary/aromatic N) is 3. The van der Waals surface area contributed by atoms with E-state index in [2.05, 4.69) is 16.8 Å². The highest BCUT2D eigenvalue weighted by atomic mass is 35.5. The zero-order valence-corrected chi connectivity index (χ0v) is 17.2. The molecule has 2 aromatic carbocycles. The normalized spacial score (nSPS) is 15.4. The predicted octanol–water partition coefficient (Wildman–Crippen LogP) is 5.58. The predicted molar refractivity (Wildman–Crippen MR) is 112 cm³/mol. The highest BCUT2D eigenvalue weighted by Gasteiger charge is 2.28. The smallest absolute Gasteiger partial charge is 0.192 e. The molecule has 0 aliphatic carbocycles. The molecule has 1 aliphatic rings. The SMILES string of the molecule is C=CCn1c(SCc2ccc(Cl)c(Cl)c2)nnc1C1COc2ccccc2O1. The van der Waals surface area contributed by atoms with Gasteiger partial charge in [0, 0.05) is 12.3 Å². The molecule has 4 rings (SSSR count). The number of halogens is 2. The van der Waals surface area contributed by atoms with Gasteiger partial charge in [0.1, 0.15) is 6.61 Å². The lowest BCUT2D eigenvalue weighted by Crippen LogP contribution is -2.25. The maximum atomic E-state index is 6.11. The van der Waals surface area contributed by atoms with E-state index in [1.807, 2.05) is 47.0 Å². The van der Waals surface area contributed by atoms with Gasteiger partial charge < -0.3 is 9.47 Å². The second kappa shape index (κ2) is 8.47. The van der Waals surface area contributed by atoms with Crippen molar-refractivity contribution in [3.8, 4) is 11.5 Å². The van der Waals surface area contributed by atoms with Crippen molar-refractivity contribution in [1.82, 2.24) is 14.8 Å². The number of aromatic nitrogens is 3. The summed E-state index contributed by atoms with van der Waals surface area (Å²) in [5, 5.41) is 10.6. The summed E-state index contributed by atoms with van der Waals surface area (Å²) in [6.45, 7) is 4.80. The van der Waals surface area contributed by atoms with Gasteiger partial charge >= 0.3 is 0 Å². The van der Waals surface area contributed by atoms with Gasteiger partial charge in [-0.1, -0.05) is 59.2 Å². The lowest BCUT2D eigenvalue weighted by atomic mass is 10.2. The van der Waals surface area contributed by atoms with Gasteiger partial charge in [0.2, 0.25) is 0 Å². The standard InChI is InChI=1S/C20H17Cl2N3O2S/c1-2-9-25-19(18-11-26-16-5-3-4-6-17(16)27-18)23-24-20(25)28-12-13-7-8-14(21)15(22)10-13/h2-8,10,18H,1,9,11-12H2. The minimum atomic E-state index is -0.332. The van der Waals surface area contributed by atoms with E-state index in [-0.39, 0.29) is 6.10 Å². The van der Waals surface area contributed by atoms with E-state index in [0.717, 1.165) is 16.5 Å². The number of benzene rings is 2. The molecule has 1 atom stereocenters. The fraction of sp³-hybridized carbons (Fsp3) is 0.200. The first-order chi connectivity index (χ1) is 13.7. The van der Waals surface area contributed by atoms with Crippen molar-refractivity contribution in [3.05, 3.63) is 76.6 Å². The van der Waals surface area contributed by atoms with E-state index in [4.69, 9.17) is 32.7 Å². The van der Waals surface area contributed by atoms with Crippen LogP contribution >= 0.6 is 35.0 Å². The monoisotopic (exact) mass is 433 g/mol. The number of rotatable bonds is 6. The van der Waals surface area contributed by atoms with Gasteiger partial charge in [0.15, 0.2) is 28.6 Å². The van der Waals surface area contributed by atoms with E-state index < -0.39 is 0 Å². The average Bonchev–Trinajstić information content (AvgIpc) is 3.11. The molecular weight excluding hydrogens is 417 g/mol. The molecule has 144 valence electrons. The molecule has 2 heterocycles. The third-order valence-corrected chi connectivity index (χ3v) is 5.98. The van der Waals surface area contributed by atoms with Gasteiger partial charge in [0.25, 0.3) is 0 Å². The third-order valence-electron chi connectivity index (χ3n) is 4.21. The molecule has 8 heteroatoms. The summed E-state index contributed by atoms with van der Waals surface area (Å²) >= 11 is 13.7. The Morgan fingerprint density at radius 2 is 1.96 bits per heavy atom. The molecule has 1 aliphatic heterocycles. The molecule has 0 saturated heterocycles. The van der Waals surface area contributed by atoms with Crippen molar-refractivity contribution in [1.29, 1.82) is 0 Å². The van der Waals surface area contributed by atoms with Crippen LogP contribution < -0.4 is 9.47 Å². The summed E-state index contributed by atoms with van der Waals surface area (Å²) < 4.78 is 13.9. The summed E-state index contributed by atoms with van der Waals surface area (Å²) in [4.78, 5) is 0. The Kier molecular flexibility index (Phi) is 5.80. The second-order valence-corrected chi connectivity index (χ2v) is 7.90.